The number of hydrogen-bond donors (Lipinski definition) is 1. The van der Waals surface area contributed by atoms with E-state index in [2.05, 4.69) is 0 Å². The summed E-state index contributed by atoms with van der Waals surface area (Å²) >= 11 is 1.54. The summed E-state index contributed by atoms with van der Waals surface area (Å²) in [6.45, 7) is 2.08. The summed E-state index contributed by atoms with van der Waals surface area (Å²) < 4.78 is 0. The topological polar surface area (TPSA) is 57.6 Å². The molecule has 0 bridgehead atoms. The number of thiophene rings is 1. The first-order valence-electron chi connectivity index (χ1n) is 6.76. The first-order chi connectivity index (χ1) is 10.1. The van der Waals surface area contributed by atoms with Gasteiger partial charge < -0.3 is 10.0 Å². The highest BCUT2D eigenvalue weighted by atomic mass is 32.1. The summed E-state index contributed by atoms with van der Waals surface area (Å²) in [4.78, 5) is 26.7. The number of fused-ring (bicyclic) bond motifs is 1. The third-order valence-electron chi connectivity index (χ3n) is 3.87. The van der Waals surface area contributed by atoms with E-state index in [0.29, 0.717) is 0 Å². The van der Waals surface area contributed by atoms with Crippen molar-refractivity contribution in [3.05, 3.63) is 52.2 Å². The van der Waals surface area contributed by atoms with E-state index in [1.165, 1.54) is 0 Å². The quantitative estimate of drug-likeness (QED) is 0.948. The lowest BCUT2D eigenvalue weighted by Crippen LogP contribution is -2.34. The fourth-order valence-corrected chi connectivity index (χ4v) is 3.50. The number of nitrogens with zero attached hydrogens (tertiary/aromatic N) is 1. The van der Waals surface area contributed by atoms with Crippen LogP contribution in [-0.2, 0) is 9.59 Å². The number of aliphatic carboxylic acids is 1. The molecule has 108 valence electrons. The van der Waals surface area contributed by atoms with Crippen LogP contribution in [0.25, 0.3) is 0 Å². The zero-order valence-electron chi connectivity index (χ0n) is 11.5. The number of carbonyl (C=O) groups is 2. The molecule has 2 heterocycles. The van der Waals surface area contributed by atoms with E-state index in [1.807, 2.05) is 42.6 Å². The van der Waals surface area contributed by atoms with Gasteiger partial charge in [-0.05, 0) is 30.0 Å². The van der Waals surface area contributed by atoms with Crippen molar-refractivity contribution >= 4 is 28.9 Å². The first kappa shape index (κ1) is 13.8. The summed E-state index contributed by atoms with van der Waals surface area (Å²) in [7, 11) is 0. The van der Waals surface area contributed by atoms with E-state index >= 15 is 0 Å². The van der Waals surface area contributed by atoms with Crippen molar-refractivity contribution in [2.24, 2.45) is 0 Å². The minimum absolute atomic E-state index is 0.0475. The van der Waals surface area contributed by atoms with Crippen molar-refractivity contribution in [1.29, 1.82) is 0 Å². The third-order valence-corrected chi connectivity index (χ3v) is 4.93. The molecule has 0 saturated carbocycles. The van der Waals surface area contributed by atoms with Gasteiger partial charge in [-0.3, -0.25) is 9.59 Å². The second kappa shape index (κ2) is 5.33. The fourth-order valence-electron chi connectivity index (χ4n) is 2.72. The van der Waals surface area contributed by atoms with Gasteiger partial charge in [0.1, 0.15) is 5.92 Å². The Morgan fingerprint density at radius 1 is 1.29 bits per heavy atom. The van der Waals surface area contributed by atoms with Crippen molar-refractivity contribution in [1.82, 2.24) is 0 Å². The standard InChI is InChI=1S/C16H15NO3S/c1-10(14-7-4-8-21-14)15(18)17-9-12(16(19)20)11-5-2-3-6-13(11)17/h2-8,10,12H,9H2,1H3,(H,19,20). The molecule has 0 aliphatic carbocycles. The predicted octanol–water partition coefficient (Wildman–Crippen LogP) is 3.07. The number of amides is 1. The SMILES string of the molecule is CC(C(=O)N1CC(C(=O)O)c2ccccc21)c1cccs1. The molecule has 0 radical (unpaired) electrons. The molecule has 1 aliphatic heterocycles. The Morgan fingerprint density at radius 2 is 2.05 bits per heavy atom. The van der Waals surface area contributed by atoms with Gasteiger partial charge in [0, 0.05) is 17.1 Å². The molecule has 5 heteroatoms. The van der Waals surface area contributed by atoms with E-state index in [1.54, 1.807) is 22.3 Å². The van der Waals surface area contributed by atoms with Crippen LogP contribution in [0.4, 0.5) is 5.69 Å². The van der Waals surface area contributed by atoms with Crippen LogP contribution in [0.3, 0.4) is 0 Å². The van der Waals surface area contributed by atoms with Crippen LogP contribution in [0.2, 0.25) is 0 Å². The van der Waals surface area contributed by atoms with Crippen molar-refractivity contribution in [2.75, 3.05) is 11.4 Å². The Balaban J connectivity index is 1.93. The number of carboxylic acids is 1. The van der Waals surface area contributed by atoms with Crippen molar-refractivity contribution < 1.29 is 14.7 Å². The fraction of sp³-hybridized carbons (Fsp3) is 0.250. The molecule has 2 unspecified atom stereocenters. The van der Waals surface area contributed by atoms with E-state index in [4.69, 9.17) is 0 Å². The number of carbonyl (C=O) groups excluding carboxylic acids is 1. The van der Waals surface area contributed by atoms with Crippen LogP contribution in [-0.4, -0.2) is 23.5 Å². The number of para-hydroxylation sites is 1. The molecule has 1 aromatic carbocycles. The molecule has 1 N–H and O–H groups in total. The number of rotatable bonds is 3. The molecule has 0 spiro atoms. The summed E-state index contributed by atoms with van der Waals surface area (Å²) in [5.41, 5.74) is 1.44. The first-order valence-corrected chi connectivity index (χ1v) is 7.64. The van der Waals surface area contributed by atoms with Gasteiger partial charge in [0.05, 0.1) is 5.92 Å². The van der Waals surface area contributed by atoms with Crippen LogP contribution in [0, 0.1) is 0 Å². The monoisotopic (exact) mass is 301 g/mol. The highest BCUT2D eigenvalue weighted by Gasteiger charge is 2.37. The predicted molar refractivity (Wildman–Crippen MR) is 81.9 cm³/mol. The normalized spacial score (nSPS) is 18.3. The third kappa shape index (κ3) is 2.34. The Kier molecular flexibility index (Phi) is 3.51. The minimum atomic E-state index is -0.887. The average molecular weight is 301 g/mol. The Bertz CT molecular complexity index is 681. The van der Waals surface area contributed by atoms with Gasteiger partial charge >= 0.3 is 5.97 Å². The van der Waals surface area contributed by atoms with Gasteiger partial charge in [0.15, 0.2) is 0 Å². The minimum Gasteiger partial charge on any atom is -0.481 e. The van der Waals surface area contributed by atoms with Crippen molar-refractivity contribution in [3.8, 4) is 0 Å². The molecular weight excluding hydrogens is 286 g/mol. The summed E-state index contributed by atoms with van der Waals surface area (Å²) in [5, 5.41) is 11.3. The lowest BCUT2D eigenvalue weighted by molar-refractivity contribution is -0.138. The maximum Gasteiger partial charge on any atom is 0.312 e. The molecule has 1 aromatic heterocycles. The number of carboxylic acid groups (broad SMARTS) is 1. The van der Waals surface area contributed by atoms with Gasteiger partial charge in [0.2, 0.25) is 5.91 Å². The Hall–Kier alpha value is -2.14. The van der Waals surface area contributed by atoms with E-state index in [9.17, 15) is 14.7 Å². The smallest absolute Gasteiger partial charge is 0.312 e. The molecule has 0 saturated heterocycles. The van der Waals surface area contributed by atoms with E-state index in [-0.39, 0.29) is 18.4 Å². The number of anilines is 1. The van der Waals surface area contributed by atoms with Crippen molar-refractivity contribution in [2.45, 2.75) is 18.8 Å². The van der Waals surface area contributed by atoms with Crippen molar-refractivity contribution in [3.63, 3.8) is 0 Å². The molecule has 0 fully saturated rings. The van der Waals surface area contributed by atoms with Crippen LogP contribution in [0.5, 0.6) is 0 Å². The number of hydrogen-bond acceptors (Lipinski definition) is 3. The van der Waals surface area contributed by atoms with Crippen LogP contribution < -0.4 is 4.90 Å². The zero-order valence-corrected chi connectivity index (χ0v) is 12.3. The maximum absolute atomic E-state index is 12.7. The van der Waals surface area contributed by atoms with Gasteiger partial charge in [-0.2, -0.15) is 0 Å². The molecular formula is C16H15NO3S. The van der Waals surface area contributed by atoms with E-state index < -0.39 is 11.9 Å². The maximum atomic E-state index is 12.7. The summed E-state index contributed by atoms with van der Waals surface area (Å²) in [5.74, 6) is -1.83. The summed E-state index contributed by atoms with van der Waals surface area (Å²) in [6.07, 6.45) is 0. The molecule has 2 atom stereocenters. The van der Waals surface area contributed by atoms with Crippen LogP contribution in [0.15, 0.2) is 41.8 Å². The van der Waals surface area contributed by atoms with Gasteiger partial charge in [-0.15, -0.1) is 11.3 Å². The molecule has 1 aliphatic rings. The molecule has 4 nitrogen and oxygen atoms in total. The van der Waals surface area contributed by atoms with Gasteiger partial charge in [-0.25, -0.2) is 0 Å². The second-order valence-electron chi connectivity index (χ2n) is 5.14. The van der Waals surface area contributed by atoms with Gasteiger partial charge in [-0.1, -0.05) is 24.3 Å². The second-order valence-corrected chi connectivity index (χ2v) is 6.11. The Labute approximate surface area is 126 Å². The summed E-state index contributed by atoms with van der Waals surface area (Å²) in [6, 6.07) is 11.1. The largest absolute Gasteiger partial charge is 0.481 e. The molecule has 21 heavy (non-hydrogen) atoms. The van der Waals surface area contributed by atoms with Crippen LogP contribution >= 0.6 is 11.3 Å². The van der Waals surface area contributed by atoms with Gasteiger partial charge in [0.25, 0.3) is 0 Å². The highest BCUT2D eigenvalue weighted by molar-refractivity contribution is 7.10. The lowest BCUT2D eigenvalue weighted by Gasteiger charge is -2.21. The molecule has 3 rings (SSSR count). The highest BCUT2D eigenvalue weighted by Crippen LogP contribution is 2.38. The lowest BCUT2D eigenvalue weighted by atomic mass is 10.0. The Morgan fingerprint density at radius 3 is 2.71 bits per heavy atom. The average Bonchev–Trinajstić information content (AvgIpc) is 3.13. The molecule has 1 amide bonds. The van der Waals surface area contributed by atoms with Crippen LogP contribution in [0.1, 0.15) is 29.2 Å². The zero-order chi connectivity index (χ0) is 15.0. The van der Waals surface area contributed by atoms with E-state index in [0.717, 1.165) is 16.1 Å². The number of benzene rings is 1. The molecule has 2 aromatic rings.